The first-order valence-electron chi connectivity index (χ1n) is 5.85. The third kappa shape index (κ3) is 2.50. The SMILES string of the molecule is O=C(c1ccc(Br)cc1)c1cnc(-n2ccnc2)nc1. The molecule has 0 atom stereocenters. The molecule has 5 nitrogen and oxygen atoms in total. The quantitative estimate of drug-likeness (QED) is 0.693. The van der Waals surface area contributed by atoms with E-state index in [2.05, 4.69) is 30.9 Å². The number of ketones is 1. The number of rotatable bonds is 3. The zero-order valence-corrected chi connectivity index (χ0v) is 11.9. The van der Waals surface area contributed by atoms with Crippen molar-refractivity contribution in [2.75, 3.05) is 0 Å². The Hall–Kier alpha value is -2.34. The minimum atomic E-state index is -0.102. The smallest absolute Gasteiger partial charge is 0.234 e. The van der Waals surface area contributed by atoms with Gasteiger partial charge in [0.15, 0.2) is 5.78 Å². The first-order valence-corrected chi connectivity index (χ1v) is 6.64. The van der Waals surface area contributed by atoms with Crippen LogP contribution in [-0.4, -0.2) is 25.3 Å². The van der Waals surface area contributed by atoms with E-state index in [-0.39, 0.29) is 5.78 Å². The molecule has 0 saturated heterocycles. The van der Waals surface area contributed by atoms with Gasteiger partial charge in [0.2, 0.25) is 5.95 Å². The number of imidazole rings is 1. The Bertz CT molecular complexity index is 721. The minimum absolute atomic E-state index is 0.102. The summed E-state index contributed by atoms with van der Waals surface area (Å²) in [5.74, 6) is 0.379. The molecule has 0 amide bonds. The number of hydrogen-bond donors (Lipinski definition) is 0. The van der Waals surface area contributed by atoms with Crippen LogP contribution in [0.2, 0.25) is 0 Å². The van der Waals surface area contributed by atoms with Crippen molar-refractivity contribution in [1.82, 2.24) is 19.5 Å². The molecule has 1 aromatic carbocycles. The van der Waals surface area contributed by atoms with Crippen LogP contribution in [0.25, 0.3) is 5.95 Å². The molecule has 20 heavy (non-hydrogen) atoms. The largest absolute Gasteiger partial charge is 0.288 e. The molecule has 2 heterocycles. The van der Waals surface area contributed by atoms with E-state index in [1.54, 1.807) is 35.4 Å². The van der Waals surface area contributed by atoms with E-state index in [1.165, 1.54) is 12.4 Å². The Labute approximate surface area is 123 Å². The average Bonchev–Trinajstić information content (AvgIpc) is 3.02. The average molecular weight is 329 g/mol. The lowest BCUT2D eigenvalue weighted by Gasteiger charge is -2.03. The van der Waals surface area contributed by atoms with Crippen LogP contribution < -0.4 is 0 Å². The third-order valence-corrected chi connectivity index (χ3v) is 3.27. The number of benzene rings is 1. The topological polar surface area (TPSA) is 60.7 Å². The summed E-state index contributed by atoms with van der Waals surface area (Å²) in [5, 5.41) is 0. The van der Waals surface area contributed by atoms with E-state index < -0.39 is 0 Å². The number of hydrogen-bond acceptors (Lipinski definition) is 4. The molecule has 0 aliphatic heterocycles. The molecule has 6 heteroatoms. The van der Waals surface area contributed by atoms with Crippen molar-refractivity contribution in [2.24, 2.45) is 0 Å². The molecule has 0 unspecified atom stereocenters. The van der Waals surface area contributed by atoms with Gasteiger partial charge >= 0.3 is 0 Å². The van der Waals surface area contributed by atoms with Crippen LogP contribution >= 0.6 is 15.9 Å². The third-order valence-electron chi connectivity index (χ3n) is 2.74. The van der Waals surface area contributed by atoms with Crippen molar-refractivity contribution in [3.8, 4) is 5.95 Å². The van der Waals surface area contributed by atoms with Gasteiger partial charge in [0.05, 0.1) is 5.56 Å². The highest BCUT2D eigenvalue weighted by atomic mass is 79.9. The highest BCUT2D eigenvalue weighted by Gasteiger charge is 2.10. The molecular weight excluding hydrogens is 320 g/mol. The summed E-state index contributed by atoms with van der Waals surface area (Å²) in [6.07, 6.45) is 8.03. The van der Waals surface area contributed by atoms with Gasteiger partial charge in [-0.25, -0.2) is 15.0 Å². The Morgan fingerprint density at radius 1 is 1.05 bits per heavy atom. The van der Waals surface area contributed by atoms with Gasteiger partial charge < -0.3 is 0 Å². The molecule has 0 fully saturated rings. The summed E-state index contributed by atoms with van der Waals surface area (Å²) in [6.45, 7) is 0. The van der Waals surface area contributed by atoms with E-state index in [1.807, 2.05) is 12.1 Å². The van der Waals surface area contributed by atoms with Crippen molar-refractivity contribution in [3.05, 3.63) is 71.0 Å². The summed E-state index contributed by atoms with van der Waals surface area (Å²) < 4.78 is 2.61. The molecule has 0 radical (unpaired) electrons. The Balaban J connectivity index is 1.87. The summed E-state index contributed by atoms with van der Waals surface area (Å²) >= 11 is 3.34. The molecule has 98 valence electrons. The van der Waals surface area contributed by atoms with E-state index in [0.717, 1.165) is 4.47 Å². The van der Waals surface area contributed by atoms with Gasteiger partial charge in [0.1, 0.15) is 6.33 Å². The van der Waals surface area contributed by atoms with Crippen molar-refractivity contribution in [3.63, 3.8) is 0 Å². The molecule has 3 rings (SSSR count). The summed E-state index contributed by atoms with van der Waals surface area (Å²) in [5.41, 5.74) is 1.06. The Morgan fingerprint density at radius 2 is 1.75 bits per heavy atom. The highest BCUT2D eigenvalue weighted by Crippen LogP contribution is 2.14. The lowest BCUT2D eigenvalue weighted by atomic mass is 10.1. The number of halogens is 1. The number of carbonyl (C=O) groups is 1. The Morgan fingerprint density at radius 3 is 2.35 bits per heavy atom. The van der Waals surface area contributed by atoms with Crippen molar-refractivity contribution in [1.29, 1.82) is 0 Å². The lowest BCUT2D eigenvalue weighted by Crippen LogP contribution is -2.05. The second kappa shape index (κ2) is 5.34. The number of carbonyl (C=O) groups excluding carboxylic acids is 1. The highest BCUT2D eigenvalue weighted by molar-refractivity contribution is 9.10. The molecular formula is C14H9BrN4O. The molecule has 0 aliphatic rings. The number of aromatic nitrogens is 4. The first-order chi connectivity index (χ1) is 9.74. The molecule has 0 N–H and O–H groups in total. The second-order valence-electron chi connectivity index (χ2n) is 4.08. The van der Waals surface area contributed by atoms with Crippen LogP contribution in [0.3, 0.4) is 0 Å². The van der Waals surface area contributed by atoms with Gasteiger partial charge in [0, 0.05) is 34.8 Å². The van der Waals surface area contributed by atoms with Crippen LogP contribution in [0.1, 0.15) is 15.9 Å². The van der Waals surface area contributed by atoms with Gasteiger partial charge in [-0.3, -0.25) is 9.36 Å². The fourth-order valence-corrected chi connectivity index (χ4v) is 1.98. The first kappa shape index (κ1) is 12.7. The fourth-order valence-electron chi connectivity index (χ4n) is 1.72. The van der Waals surface area contributed by atoms with Gasteiger partial charge in [-0.1, -0.05) is 15.9 Å². The maximum atomic E-state index is 12.2. The predicted molar refractivity (Wildman–Crippen MR) is 76.7 cm³/mol. The summed E-state index contributed by atoms with van der Waals surface area (Å²) in [6, 6.07) is 7.17. The van der Waals surface area contributed by atoms with E-state index in [9.17, 15) is 4.79 Å². The van der Waals surface area contributed by atoms with Gasteiger partial charge in [-0.05, 0) is 24.3 Å². The Kier molecular flexibility index (Phi) is 3.39. The second-order valence-corrected chi connectivity index (χ2v) is 4.99. The standard InChI is InChI=1S/C14H9BrN4O/c15-12-3-1-10(2-4-12)13(20)11-7-17-14(18-8-11)19-6-5-16-9-19/h1-9H. The minimum Gasteiger partial charge on any atom is -0.288 e. The van der Waals surface area contributed by atoms with Gasteiger partial charge in [0.25, 0.3) is 0 Å². The monoisotopic (exact) mass is 328 g/mol. The maximum absolute atomic E-state index is 12.2. The zero-order valence-electron chi connectivity index (χ0n) is 10.3. The van der Waals surface area contributed by atoms with E-state index in [0.29, 0.717) is 17.1 Å². The number of nitrogens with zero attached hydrogens (tertiary/aromatic N) is 4. The molecule has 3 aromatic rings. The van der Waals surface area contributed by atoms with E-state index in [4.69, 9.17) is 0 Å². The molecule has 0 saturated carbocycles. The van der Waals surface area contributed by atoms with Crippen LogP contribution in [0.5, 0.6) is 0 Å². The van der Waals surface area contributed by atoms with Crippen molar-refractivity contribution < 1.29 is 4.79 Å². The zero-order chi connectivity index (χ0) is 13.9. The van der Waals surface area contributed by atoms with Crippen LogP contribution in [0.4, 0.5) is 0 Å². The van der Waals surface area contributed by atoms with E-state index >= 15 is 0 Å². The van der Waals surface area contributed by atoms with Crippen LogP contribution in [0, 0.1) is 0 Å². The van der Waals surface area contributed by atoms with Crippen LogP contribution in [-0.2, 0) is 0 Å². The van der Waals surface area contributed by atoms with Crippen molar-refractivity contribution >= 4 is 21.7 Å². The summed E-state index contributed by atoms with van der Waals surface area (Å²) in [7, 11) is 0. The van der Waals surface area contributed by atoms with Gasteiger partial charge in [-0.15, -0.1) is 0 Å². The van der Waals surface area contributed by atoms with Gasteiger partial charge in [-0.2, -0.15) is 0 Å². The van der Waals surface area contributed by atoms with Crippen molar-refractivity contribution in [2.45, 2.75) is 0 Å². The van der Waals surface area contributed by atoms with Crippen LogP contribution in [0.15, 0.2) is 59.9 Å². The summed E-state index contributed by atoms with van der Waals surface area (Å²) in [4.78, 5) is 24.5. The molecule has 0 aliphatic carbocycles. The molecule has 2 aromatic heterocycles. The fraction of sp³-hybridized carbons (Fsp3) is 0. The maximum Gasteiger partial charge on any atom is 0.234 e. The normalized spacial score (nSPS) is 10.4. The molecule has 0 spiro atoms. The lowest BCUT2D eigenvalue weighted by molar-refractivity contribution is 0.103. The predicted octanol–water partition coefficient (Wildman–Crippen LogP) is 2.66. The molecule has 0 bridgehead atoms.